The summed E-state index contributed by atoms with van der Waals surface area (Å²) in [6, 6.07) is -0.738. The number of aryl methyl sites for hydroxylation is 1. The molecule has 0 saturated carbocycles. The molecule has 7 nitrogen and oxygen atoms in total. The number of aromatic nitrogens is 3. The Hall–Kier alpha value is -1.92. The molecule has 2 heterocycles. The van der Waals surface area contributed by atoms with Gasteiger partial charge in [-0.1, -0.05) is 19.1 Å². The van der Waals surface area contributed by atoms with Gasteiger partial charge >= 0.3 is 6.03 Å². The van der Waals surface area contributed by atoms with Crippen LogP contribution in [-0.2, 0) is 17.9 Å². The topological polar surface area (TPSA) is 80.1 Å². The van der Waals surface area contributed by atoms with Gasteiger partial charge in [-0.15, -0.1) is 5.10 Å². The summed E-state index contributed by atoms with van der Waals surface area (Å²) in [5, 5.41) is 10.4. The van der Waals surface area contributed by atoms with E-state index >= 15 is 0 Å². The number of rotatable bonds is 5. The summed E-state index contributed by atoms with van der Waals surface area (Å²) in [5.41, 5.74) is 0.760. The van der Waals surface area contributed by atoms with E-state index in [1.54, 1.807) is 10.9 Å². The molecule has 1 aromatic heterocycles. The van der Waals surface area contributed by atoms with Gasteiger partial charge in [0.1, 0.15) is 6.04 Å². The van der Waals surface area contributed by atoms with Crippen molar-refractivity contribution in [1.29, 1.82) is 0 Å². The van der Waals surface area contributed by atoms with Crippen LogP contribution >= 0.6 is 0 Å². The molecule has 3 amide bonds. The molecular weight excluding hydrogens is 246 g/mol. The van der Waals surface area contributed by atoms with E-state index in [4.69, 9.17) is 0 Å². The molecular formula is C12H19N5O2. The van der Waals surface area contributed by atoms with Crippen LogP contribution in [0, 0.1) is 5.92 Å². The van der Waals surface area contributed by atoms with Crippen LogP contribution in [0.25, 0.3) is 0 Å². The highest BCUT2D eigenvalue weighted by molar-refractivity contribution is 6.04. The first kappa shape index (κ1) is 13.5. The van der Waals surface area contributed by atoms with Crippen molar-refractivity contribution in [3.8, 4) is 0 Å². The van der Waals surface area contributed by atoms with E-state index in [0.29, 0.717) is 18.9 Å². The summed E-state index contributed by atoms with van der Waals surface area (Å²) in [6.45, 7) is 6.87. The third-order valence-corrected chi connectivity index (χ3v) is 3.13. The van der Waals surface area contributed by atoms with E-state index in [-0.39, 0.29) is 18.5 Å². The molecule has 0 spiro atoms. The second-order valence-electron chi connectivity index (χ2n) is 5.10. The minimum absolute atomic E-state index is 0.164. The Labute approximate surface area is 112 Å². The fourth-order valence-corrected chi connectivity index (χ4v) is 2.19. The smallest absolute Gasteiger partial charge is 0.325 e. The lowest BCUT2D eigenvalue weighted by molar-refractivity contribution is -0.128. The highest BCUT2D eigenvalue weighted by Crippen LogP contribution is 2.16. The number of carbonyl (C=O) groups is 2. The summed E-state index contributed by atoms with van der Waals surface area (Å²) in [5.74, 6) is 0.194. The van der Waals surface area contributed by atoms with E-state index in [9.17, 15) is 9.59 Å². The first-order valence-corrected chi connectivity index (χ1v) is 6.52. The lowest BCUT2D eigenvalue weighted by Crippen LogP contribution is -2.32. The molecule has 1 fully saturated rings. The summed E-state index contributed by atoms with van der Waals surface area (Å²) >= 11 is 0. The van der Waals surface area contributed by atoms with Crippen molar-refractivity contribution in [2.75, 3.05) is 0 Å². The first-order valence-electron chi connectivity index (χ1n) is 6.52. The molecule has 0 radical (unpaired) electrons. The van der Waals surface area contributed by atoms with Gasteiger partial charge in [0.15, 0.2) is 0 Å². The second-order valence-corrected chi connectivity index (χ2v) is 5.10. The highest BCUT2D eigenvalue weighted by Gasteiger charge is 2.38. The van der Waals surface area contributed by atoms with Crippen molar-refractivity contribution in [2.45, 2.75) is 46.3 Å². The number of amides is 3. The van der Waals surface area contributed by atoms with Crippen LogP contribution in [0.15, 0.2) is 6.20 Å². The maximum Gasteiger partial charge on any atom is 0.325 e. The molecule has 1 unspecified atom stereocenters. The summed E-state index contributed by atoms with van der Waals surface area (Å²) < 4.78 is 1.68. The summed E-state index contributed by atoms with van der Waals surface area (Å²) in [4.78, 5) is 25.3. The average molecular weight is 265 g/mol. The predicted molar refractivity (Wildman–Crippen MR) is 68.0 cm³/mol. The van der Waals surface area contributed by atoms with Gasteiger partial charge < -0.3 is 5.32 Å². The van der Waals surface area contributed by atoms with E-state index in [1.807, 2.05) is 20.8 Å². The number of carbonyl (C=O) groups excluding carboxylic acids is 2. The SMILES string of the molecule is CCn1nncc1CN1C(=O)NC(CC(C)C)C1=O. The predicted octanol–water partition coefficient (Wildman–Crippen LogP) is 0.764. The van der Waals surface area contributed by atoms with E-state index in [0.717, 1.165) is 5.69 Å². The number of urea groups is 1. The lowest BCUT2D eigenvalue weighted by Gasteiger charge is -2.13. The Morgan fingerprint density at radius 2 is 2.16 bits per heavy atom. The zero-order valence-corrected chi connectivity index (χ0v) is 11.5. The van der Waals surface area contributed by atoms with Crippen molar-refractivity contribution < 1.29 is 9.59 Å². The minimum Gasteiger partial charge on any atom is -0.326 e. The maximum absolute atomic E-state index is 12.2. The highest BCUT2D eigenvalue weighted by atomic mass is 16.2. The number of nitrogens with zero attached hydrogens (tertiary/aromatic N) is 4. The molecule has 1 aliphatic heterocycles. The van der Waals surface area contributed by atoms with Crippen molar-refractivity contribution in [1.82, 2.24) is 25.2 Å². The van der Waals surface area contributed by atoms with Crippen LogP contribution in [0.4, 0.5) is 4.79 Å². The number of imide groups is 1. The molecule has 1 aliphatic rings. The first-order chi connectivity index (χ1) is 9.02. The monoisotopic (exact) mass is 265 g/mol. The molecule has 2 rings (SSSR count). The molecule has 1 saturated heterocycles. The lowest BCUT2D eigenvalue weighted by atomic mass is 10.0. The molecule has 19 heavy (non-hydrogen) atoms. The van der Waals surface area contributed by atoms with Crippen LogP contribution in [0.5, 0.6) is 0 Å². The van der Waals surface area contributed by atoms with Gasteiger partial charge in [-0.3, -0.25) is 9.69 Å². The van der Waals surface area contributed by atoms with Crippen LogP contribution in [0.2, 0.25) is 0 Å². The zero-order chi connectivity index (χ0) is 14.0. The third-order valence-electron chi connectivity index (χ3n) is 3.13. The van der Waals surface area contributed by atoms with Gasteiger partial charge in [0.05, 0.1) is 18.4 Å². The fourth-order valence-electron chi connectivity index (χ4n) is 2.19. The number of hydrogen-bond acceptors (Lipinski definition) is 4. The molecule has 7 heteroatoms. The summed E-state index contributed by atoms with van der Waals surface area (Å²) in [6.07, 6.45) is 2.24. The quantitative estimate of drug-likeness (QED) is 0.797. The van der Waals surface area contributed by atoms with Crippen LogP contribution in [0.1, 0.15) is 32.9 Å². The molecule has 1 N–H and O–H groups in total. The molecule has 1 atom stereocenters. The van der Waals surface area contributed by atoms with Gasteiger partial charge in [0.2, 0.25) is 0 Å². The van der Waals surface area contributed by atoms with Crippen LogP contribution in [-0.4, -0.2) is 37.9 Å². The second kappa shape index (κ2) is 5.38. The van der Waals surface area contributed by atoms with Crippen molar-refractivity contribution >= 4 is 11.9 Å². The van der Waals surface area contributed by atoms with Crippen LogP contribution < -0.4 is 5.32 Å². The van der Waals surface area contributed by atoms with Gasteiger partial charge in [-0.05, 0) is 19.3 Å². The molecule has 0 bridgehead atoms. The Kier molecular flexibility index (Phi) is 3.82. The normalized spacial score (nSPS) is 19.4. The Bertz CT molecular complexity index is 482. The minimum atomic E-state index is -0.404. The number of nitrogens with one attached hydrogen (secondary N) is 1. The van der Waals surface area contributed by atoms with Gasteiger partial charge in [-0.2, -0.15) is 0 Å². The van der Waals surface area contributed by atoms with Gasteiger partial charge in [0, 0.05) is 6.54 Å². The van der Waals surface area contributed by atoms with Gasteiger partial charge in [-0.25, -0.2) is 9.48 Å². The van der Waals surface area contributed by atoms with Gasteiger partial charge in [0.25, 0.3) is 5.91 Å². The summed E-state index contributed by atoms with van der Waals surface area (Å²) in [7, 11) is 0. The molecule has 0 aromatic carbocycles. The van der Waals surface area contributed by atoms with Crippen molar-refractivity contribution in [3.05, 3.63) is 11.9 Å². The van der Waals surface area contributed by atoms with E-state index in [1.165, 1.54) is 4.90 Å². The van der Waals surface area contributed by atoms with Crippen molar-refractivity contribution in [2.24, 2.45) is 5.92 Å². The largest absolute Gasteiger partial charge is 0.326 e. The Morgan fingerprint density at radius 3 is 2.79 bits per heavy atom. The van der Waals surface area contributed by atoms with E-state index < -0.39 is 6.04 Å². The molecule has 104 valence electrons. The Balaban J connectivity index is 2.09. The zero-order valence-electron chi connectivity index (χ0n) is 11.5. The van der Waals surface area contributed by atoms with E-state index in [2.05, 4.69) is 15.6 Å². The number of hydrogen-bond donors (Lipinski definition) is 1. The molecule has 0 aliphatic carbocycles. The average Bonchev–Trinajstić information content (AvgIpc) is 2.89. The van der Waals surface area contributed by atoms with Crippen molar-refractivity contribution in [3.63, 3.8) is 0 Å². The fraction of sp³-hybridized carbons (Fsp3) is 0.667. The maximum atomic E-state index is 12.2. The third kappa shape index (κ3) is 2.74. The Morgan fingerprint density at radius 1 is 1.42 bits per heavy atom. The standard InChI is InChI=1S/C12H19N5O2/c1-4-17-9(6-13-15-17)7-16-11(18)10(5-8(2)3)14-12(16)19/h6,8,10H,4-5,7H2,1-3H3,(H,14,19). The molecule has 1 aromatic rings. The van der Waals surface area contributed by atoms with Crippen LogP contribution in [0.3, 0.4) is 0 Å².